The van der Waals surface area contributed by atoms with Crippen LogP contribution in [-0.2, 0) is 34.5 Å². The molecule has 5 N–H and O–H groups in total. The van der Waals surface area contributed by atoms with Crippen LogP contribution < -0.4 is 5.32 Å². The van der Waals surface area contributed by atoms with E-state index in [1.807, 2.05) is 31.3 Å². The Morgan fingerprint density at radius 3 is 1.45 bits per heavy atom. The molecule has 17 rings (SSSR count). The van der Waals surface area contributed by atoms with Gasteiger partial charge in [0.2, 0.25) is 0 Å². The largest absolute Gasteiger partial charge is 0.508 e. The summed E-state index contributed by atoms with van der Waals surface area (Å²) in [6.07, 6.45) is 10.2. The molecule has 12 fully saturated rings. The highest BCUT2D eigenvalue weighted by Crippen LogP contribution is 2.69. The van der Waals surface area contributed by atoms with Gasteiger partial charge >= 0.3 is 0 Å². The minimum atomic E-state index is -0.900. The molecule has 91 heavy (non-hydrogen) atoms. The highest BCUT2D eigenvalue weighted by atomic mass is 79.9. The van der Waals surface area contributed by atoms with Gasteiger partial charge in [-0.2, -0.15) is 0 Å². The van der Waals surface area contributed by atoms with Crippen molar-refractivity contribution in [2.45, 2.75) is 153 Å². The summed E-state index contributed by atoms with van der Waals surface area (Å²) in [6, 6.07) is 45.9. The fourth-order valence-electron chi connectivity index (χ4n) is 18.7. The molecule has 16 atom stereocenters. The Kier molecular flexibility index (Phi) is 24.1. The number of halogens is 1. The van der Waals surface area contributed by atoms with E-state index in [2.05, 4.69) is 213 Å². The van der Waals surface area contributed by atoms with Gasteiger partial charge in [-0.05, 0) is 212 Å². The van der Waals surface area contributed by atoms with E-state index in [1.54, 1.807) is 30.3 Å². The van der Waals surface area contributed by atoms with Gasteiger partial charge in [0.25, 0.3) is 0 Å². The second-order valence-electron chi connectivity index (χ2n) is 31.8. The van der Waals surface area contributed by atoms with Gasteiger partial charge < -0.3 is 35.5 Å². The Morgan fingerprint density at radius 2 is 1.01 bits per heavy atom. The number of hydrogen-bond donors (Lipinski definition) is 5. The number of aliphatic hydroxyl groups excluding tert-OH is 1. The monoisotopic (exact) mass is 1310 g/mol. The predicted molar refractivity (Wildman–Crippen MR) is 378 cm³/mol. The average molecular weight is 1310 g/mol. The van der Waals surface area contributed by atoms with Crippen molar-refractivity contribution in [3.8, 4) is 11.5 Å². The van der Waals surface area contributed by atoms with Gasteiger partial charge in [0, 0.05) is 60.7 Å². The van der Waals surface area contributed by atoms with Crippen LogP contribution >= 0.6 is 15.9 Å². The molecule has 0 unspecified atom stereocenters. The third-order valence-electron chi connectivity index (χ3n) is 25.4. The lowest BCUT2D eigenvalue weighted by atomic mass is 9.38. The van der Waals surface area contributed by atoms with E-state index in [1.165, 1.54) is 42.4 Å². The molecule has 498 valence electrons. The molecular weight excluding hydrogens is 1190 g/mol. The summed E-state index contributed by atoms with van der Waals surface area (Å²) in [6.45, 7) is 32.3. The minimum Gasteiger partial charge on any atom is -0.508 e. The lowest BCUT2D eigenvalue weighted by Crippen LogP contribution is -2.67. The molecule has 0 heterocycles. The number of nitrogens with zero attached hydrogens (tertiary/aromatic N) is 2. The topological polar surface area (TPSA) is 134 Å². The van der Waals surface area contributed by atoms with E-state index in [-0.39, 0.29) is 40.9 Å². The second-order valence-corrected chi connectivity index (χ2v) is 32.7. The van der Waals surface area contributed by atoms with Crippen molar-refractivity contribution in [3.05, 3.63) is 166 Å². The molecule has 0 radical (unpaired) electrons. The second kappa shape index (κ2) is 30.4. The van der Waals surface area contributed by atoms with Crippen LogP contribution in [0.25, 0.3) is 0 Å². The number of hydrogen-bond acceptors (Lipinski definition) is 9. The summed E-state index contributed by atoms with van der Waals surface area (Å²) >= 11 is 3.20. The molecule has 0 amide bonds. The first-order valence-corrected chi connectivity index (χ1v) is 35.6. The molecule has 0 aromatic heterocycles. The summed E-state index contributed by atoms with van der Waals surface area (Å²) in [5, 5.41) is 43.7. The predicted octanol–water partition coefficient (Wildman–Crippen LogP) is 16.3. The summed E-state index contributed by atoms with van der Waals surface area (Å²) in [4.78, 5) is 28.7. The van der Waals surface area contributed by atoms with E-state index in [0.29, 0.717) is 80.9 Å². The van der Waals surface area contributed by atoms with Crippen LogP contribution in [0.3, 0.4) is 0 Å². The molecule has 9 nitrogen and oxygen atoms in total. The fraction of sp³-hybridized carbons (Fsp3) is 0.605. The first-order chi connectivity index (χ1) is 42.9. The normalized spacial score (nSPS) is 32.4. The highest BCUT2D eigenvalue weighted by molar-refractivity contribution is 9.10. The van der Waals surface area contributed by atoms with Crippen molar-refractivity contribution in [1.29, 1.82) is 0 Å². The molecule has 12 aliphatic carbocycles. The van der Waals surface area contributed by atoms with Crippen LogP contribution in [0.1, 0.15) is 144 Å². The summed E-state index contributed by atoms with van der Waals surface area (Å²) in [5.41, 5.74) is 5.71. The number of rotatable bonds is 14. The van der Waals surface area contributed by atoms with Gasteiger partial charge in [0.05, 0.1) is 11.7 Å². The van der Waals surface area contributed by atoms with Crippen molar-refractivity contribution >= 4 is 27.5 Å². The van der Waals surface area contributed by atoms with E-state index in [0.717, 1.165) is 86.7 Å². The maximum Gasteiger partial charge on any atom is 0.140 e. The Morgan fingerprint density at radius 1 is 0.527 bits per heavy atom. The number of Topliss-reactive ketones (excluding diaryl/α,β-unsaturated/α-hetero) is 2. The van der Waals surface area contributed by atoms with E-state index < -0.39 is 5.60 Å². The quantitative estimate of drug-likeness (QED) is 0.0737. The third kappa shape index (κ3) is 16.2. The first-order valence-electron chi connectivity index (χ1n) is 34.8. The number of phenols is 2. The zero-order chi connectivity index (χ0) is 66.4. The molecule has 10 heteroatoms. The minimum absolute atomic E-state index is 0.00762. The zero-order valence-electron chi connectivity index (χ0n) is 58.2. The van der Waals surface area contributed by atoms with Gasteiger partial charge in [-0.3, -0.25) is 9.59 Å². The number of aromatic hydroxyl groups is 2. The molecule has 0 spiro atoms. The van der Waals surface area contributed by atoms with Crippen molar-refractivity contribution < 1.29 is 30.0 Å². The summed E-state index contributed by atoms with van der Waals surface area (Å²) in [7, 11) is 6.32. The van der Waals surface area contributed by atoms with Crippen LogP contribution in [0, 0.1) is 105 Å². The fourth-order valence-corrected chi connectivity index (χ4v) is 19.0. The third-order valence-corrected chi connectivity index (χ3v) is 25.9. The van der Waals surface area contributed by atoms with Crippen LogP contribution in [0.5, 0.6) is 11.5 Å². The Labute approximate surface area is 558 Å². The molecule has 12 saturated carbocycles. The van der Waals surface area contributed by atoms with E-state index in [4.69, 9.17) is 5.11 Å². The SMILES string of the molecule is CNCCc1ccccc1.C[C@@H]1[C@H]2C[C@@H]([C@@H](CN(C)CCc3ccccc3)[C@]1(O)c1cccc(O)c1)C2(C)C.C[C@H]1C(=O)C[C@@H]2C[C@H]1C2(C)C.C[C@H]1C(=O)[C@H](CN(C)CCc2ccccc2)[C@@H]2C[C@H]1C2(C)C.C[C@H]1[C@H](O)C[C@@H]2C[C@H]1C2(C)C.Oc1cccc(Br)c1. The van der Waals surface area contributed by atoms with Gasteiger partial charge in [-0.15, -0.1) is 0 Å². The average Bonchev–Trinajstić information content (AvgIpc) is 0.700. The number of fused-ring (bicyclic) bond motifs is 8. The van der Waals surface area contributed by atoms with Gasteiger partial charge in [0.15, 0.2) is 0 Å². The van der Waals surface area contributed by atoms with Crippen LogP contribution in [0.4, 0.5) is 0 Å². The van der Waals surface area contributed by atoms with Gasteiger partial charge in [0.1, 0.15) is 23.1 Å². The molecule has 12 aliphatic rings. The van der Waals surface area contributed by atoms with Gasteiger partial charge in [-0.1, -0.05) is 208 Å². The Balaban J connectivity index is 0.000000151. The maximum atomic E-state index is 12.6. The maximum absolute atomic E-state index is 12.6. The number of aliphatic hydroxyl groups is 2. The van der Waals surface area contributed by atoms with E-state index in [9.17, 15) is 24.9 Å². The molecule has 0 saturated heterocycles. The molecule has 0 aliphatic heterocycles. The Hall–Kier alpha value is -4.68. The molecule has 5 aromatic carbocycles. The zero-order valence-corrected chi connectivity index (χ0v) is 59.8. The lowest BCUT2D eigenvalue weighted by molar-refractivity contribution is -0.257. The highest BCUT2D eigenvalue weighted by Gasteiger charge is 2.67. The number of benzene rings is 5. The van der Waals surface area contributed by atoms with Crippen molar-refractivity contribution in [2.75, 3.05) is 53.9 Å². The number of carbonyl (C=O) groups excluding carboxylic acids is 2. The lowest BCUT2D eigenvalue weighted by Gasteiger charge is -2.68. The molecule has 8 bridgehead atoms. The first kappa shape index (κ1) is 72.2. The number of likely N-dealkylation sites (N-methyl/N-ethyl adjacent to an activating group) is 3. The number of nitrogens with one attached hydrogen (secondary N) is 1. The smallest absolute Gasteiger partial charge is 0.140 e. The van der Waals surface area contributed by atoms with Crippen LogP contribution in [0.2, 0.25) is 0 Å². The van der Waals surface area contributed by atoms with Crippen molar-refractivity contribution in [1.82, 2.24) is 15.1 Å². The molecular formula is C81H116BrN3O6. The summed E-state index contributed by atoms with van der Waals surface area (Å²) in [5.74, 6) is 8.47. The van der Waals surface area contributed by atoms with Crippen molar-refractivity contribution in [3.63, 3.8) is 0 Å². The van der Waals surface area contributed by atoms with Crippen molar-refractivity contribution in [2.24, 2.45) is 105 Å². The van der Waals surface area contributed by atoms with Gasteiger partial charge in [-0.25, -0.2) is 0 Å². The van der Waals surface area contributed by atoms with E-state index >= 15 is 0 Å². The number of ketones is 2. The number of carbonyl (C=O) groups is 2. The summed E-state index contributed by atoms with van der Waals surface area (Å²) < 4.78 is 0.900. The Bertz CT molecular complexity index is 3100. The number of phenolic OH excluding ortho intramolecular Hbond substituents is 2. The standard InChI is InChI=1S/C26H35NO2.C20H29NO.C10H18O.C10H16O.C9H13N.C6H5BrO/c1-18-22-16-23(25(22,2)3)24(26(18,29)20-11-8-12-21(28)15-20)17-27(4)14-13-19-9-6-5-7-10-19;1-14-17-12-18(20(17,2)3)16(19(14)22)13-21(4)11-10-15-8-6-5-7-9-15;2*1-6-8-4-7(5-9(6)11)10(8,2)3;1-10-8-7-9-5-3-2-4-6-9;7-5-2-1-3-6(8)4-5/h5-12,15,18,22-24,28-29H,13-14,16-17H2,1-4H3;5-9,14,16-18H,10-13H2,1-4H3;6-9,11H,4-5H2,1-3H3;6-8H,4-5H2,1-3H3;2-6,10H,7-8H2,1H3;1-4,8H/t18-,22-,23+,24-,26-;14-,16-,17-,18+;6-,7+,8-,9-;6-,7+,8-;;/m1111../s1. The van der Waals surface area contributed by atoms with Crippen LogP contribution in [0.15, 0.2) is 144 Å². The molecule has 5 aromatic rings. The van der Waals surface area contributed by atoms with Crippen LogP contribution in [-0.4, -0.2) is 102 Å².